The van der Waals surface area contributed by atoms with E-state index in [0.29, 0.717) is 17.4 Å². The molecule has 1 aliphatic heterocycles. The Morgan fingerprint density at radius 1 is 1.38 bits per heavy atom. The molecule has 1 aliphatic rings. The van der Waals surface area contributed by atoms with Gasteiger partial charge in [-0.25, -0.2) is 5.10 Å². The van der Waals surface area contributed by atoms with E-state index >= 15 is 0 Å². The molecule has 3 rings (SSSR count). The van der Waals surface area contributed by atoms with Gasteiger partial charge in [-0.15, -0.1) is 0 Å². The van der Waals surface area contributed by atoms with E-state index < -0.39 is 6.61 Å². The van der Waals surface area contributed by atoms with E-state index in [1.807, 2.05) is 0 Å². The van der Waals surface area contributed by atoms with Crippen molar-refractivity contribution in [3.8, 4) is 11.8 Å². The van der Waals surface area contributed by atoms with Crippen molar-refractivity contribution in [2.75, 3.05) is 18.4 Å². The summed E-state index contributed by atoms with van der Waals surface area (Å²) in [7, 11) is 0. The average Bonchev–Trinajstić information content (AvgIpc) is 2.98. The third kappa shape index (κ3) is 4.37. The molecule has 0 saturated carbocycles. The standard InChI is InChI=1S/C16H22F2N6O2/c1-9-14(21-11-6-12(24-23-11)26-15(17)18)22-13(7-20-9)25-10-4-5-19-8-16(10,2)3/h6-7,10,15,19H,4-5,8H2,1-3H3,(H2,21,22,23,24)/t10-/m1/s1. The number of anilines is 2. The molecule has 0 unspecified atom stereocenters. The van der Waals surface area contributed by atoms with Crippen molar-refractivity contribution in [2.24, 2.45) is 5.41 Å². The lowest BCUT2D eigenvalue weighted by atomic mass is 9.82. The maximum absolute atomic E-state index is 12.2. The number of halogens is 2. The van der Waals surface area contributed by atoms with Crippen LogP contribution >= 0.6 is 0 Å². The first-order valence-corrected chi connectivity index (χ1v) is 8.32. The van der Waals surface area contributed by atoms with E-state index in [1.165, 1.54) is 6.07 Å². The highest BCUT2D eigenvalue weighted by molar-refractivity contribution is 5.55. The Bertz CT molecular complexity index is 752. The minimum Gasteiger partial charge on any atom is -0.473 e. The summed E-state index contributed by atoms with van der Waals surface area (Å²) in [4.78, 5) is 8.73. The van der Waals surface area contributed by atoms with E-state index in [4.69, 9.17) is 4.74 Å². The number of hydrogen-bond donors (Lipinski definition) is 3. The molecule has 1 atom stereocenters. The highest BCUT2D eigenvalue weighted by atomic mass is 19.3. The zero-order chi connectivity index (χ0) is 18.7. The Morgan fingerprint density at radius 2 is 2.19 bits per heavy atom. The molecule has 0 aromatic carbocycles. The third-order valence-electron chi connectivity index (χ3n) is 4.25. The molecule has 26 heavy (non-hydrogen) atoms. The number of nitrogens with one attached hydrogen (secondary N) is 3. The largest absolute Gasteiger partial charge is 0.473 e. The molecule has 142 valence electrons. The van der Waals surface area contributed by atoms with Gasteiger partial charge in [0, 0.05) is 18.0 Å². The van der Waals surface area contributed by atoms with Gasteiger partial charge in [-0.05, 0) is 19.9 Å². The van der Waals surface area contributed by atoms with Crippen LogP contribution in [0.2, 0.25) is 0 Å². The minimum atomic E-state index is -2.92. The fourth-order valence-corrected chi connectivity index (χ4v) is 2.77. The Balaban J connectivity index is 1.72. The number of nitrogens with zero attached hydrogens (tertiary/aromatic N) is 3. The SMILES string of the molecule is Cc1ncc(O[C@@H]2CCNCC2(C)C)nc1Nc1cc(OC(F)F)[nH]n1. The first-order valence-electron chi connectivity index (χ1n) is 8.32. The predicted octanol–water partition coefficient (Wildman–Crippen LogP) is 2.62. The molecular formula is C16H22F2N6O2. The fourth-order valence-electron chi connectivity index (χ4n) is 2.77. The summed E-state index contributed by atoms with van der Waals surface area (Å²) in [6.07, 6.45) is 2.47. The summed E-state index contributed by atoms with van der Waals surface area (Å²) in [5.74, 6) is 0.983. The number of ether oxygens (including phenoxy) is 2. The minimum absolute atomic E-state index is 0.0186. The van der Waals surface area contributed by atoms with E-state index in [2.05, 4.69) is 49.4 Å². The second-order valence-electron chi connectivity index (χ2n) is 6.82. The normalized spacial score (nSPS) is 19.4. The zero-order valence-corrected chi connectivity index (χ0v) is 14.8. The van der Waals surface area contributed by atoms with Crippen LogP contribution in [0.1, 0.15) is 26.0 Å². The van der Waals surface area contributed by atoms with Gasteiger partial charge in [0.25, 0.3) is 0 Å². The highest BCUT2D eigenvalue weighted by Gasteiger charge is 2.34. The molecule has 8 nitrogen and oxygen atoms in total. The van der Waals surface area contributed by atoms with E-state index in [9.17, 15) is 8.78 Å². The maximum atomic E-state index is 12.2. The van der Waals surface area contributed by atoms with E-state index in [0.717, 1.165) is 19.5 Å². The van der Waals surface area contributed by atoms with Crippen LogP contribution in [0.5, 0.6) is 11.8 Å². The van der Waals surface area contributed by atoms with Gasteiger partial charge in [0.15, 0.2) is 11.6 Å². The van der Waals surface area contributed by atoms with Gasteiger partial charge >= 0.3 is 6.61 Å². The third-order valence-corrected chi connectivity index (χ3v) is 4.25. The van der Waals surface area contributed by atoms with Crippen LogP contribution in [0.15, 0.2) is 12.3 Å². The van der Waals surface area contributed by atoms with Gasteiger partial charge in [0.2, 0.25) is 11.8 Å². The Labute approximate surface area is 149 Å². The van der Waals surface area contributed by atoms with Gasteiger partial charge in [-0.3, -0.25) is 4.98 Å². The van der Waals surface area contributed by atoms with Crippen LogP contribution in [-0.4, -0.2) is 46.0 Å². The van der Waals surface area contributed by atoms with Crippen molar-refractivity contribution in [2.45, 2.75) is 39.9 Å². The highest BCUT2D eigenvalue weighted by Crippen LogP contribution is 2.29. The monoisotopic (exact) mass is 368 g/mol. The van der Waals surface area contributed by atoms with Crippen molar-refractivity contribution >= 4 is 11.6 Å². The summed E-state index contributed by atoms with van der Waals surface area (Å²) < 4.78 is 34.8. The number of alkyl halides is 2. The van der Waals surface area contributed by atoms with Crippen LogP contribution in [-0.2, 0) is 0 Å². The Hall–Kier alpha value is -2.49. The lowest BCUT2D eigenvalue weighted by molar-refractivity contribution is -0.0528. The Morgan fingerprint density at radius 3 is 2.92 bits per heavy atom. The lowest BCUT2D eigenvalue weighted by Gasteiger charge is -2.38. The molecular weight excluding hydrogens is 346 g/mol. The van der Waals surface area contributed by atoms with Crippen molar-refractivity contribution in [3.63, 3.8) is 0 Å². The number of piperidine rings is 1. The summed E-state index contributed by atoms with van der Waals surface area (Å²) in [5, 5.41) is 12.5. The number of hydrogen-bond acceptors (Lipinski definition) is 7. The molecule has 2 aromatic heterocycles. The molecule has 10 heteroatoms. The fraction of sp³-hybridized carbons (Fsp3) is 0.562. The summed E-state index contributed by atoms with van der Waals surface area (Å²) in [6.45, 7) is 4.88. The predicted molar refractivity (Wildman–Crippen MR) is 91.0 cm³/mol. The smallest absolute Gasteiger partial charge is 0.388 e. The molecule has 3 N–H and O–H groups in total. The number of aromatic nitrogens is 4. The second-order valence-corrected chi connectivity index (χ2v) is 6.82. The summed E-state index contributed by atoms with van der Waals surface area (Å²) in [6, 6.07) is 1.32. The van der Waals surface area contributed by atoms with Crippen LogP contribution in [0.25, 0.3) is 0 Å². The molecule has 3 heterocycles. The lowest BCUT2D eigenvalue weighted by Crippen LogP contribution is -2.48. The van der Waals surface area contributed by atoms with Crippen molar-refractivity contribution in [3.05, 3.63) is 18.0 Å². The van der Waals surface area contributed by atoms with Crippen molar-refractivity contribution < 1.29 is 18.3 Å². The first kappa shape index (κ1) is 18.3. The van der Waals surface area contributed by atoms with Gasteiger partial charge in [-0.1, -0.05) is 13.8 Å². The number of rotatable bonds is 6. The molecule has 0 amide bonds. The quantitative estimate of drug-likeness (QED) is 0.721. The maximum Gasteiger partial charge on any atom is 0.388 e. The molecule has 1 fully saturated rings. The van der Waals surface area contributed by atoms with Crippen molar-refractivity contribution in [1.82, 2.24) is 25.5 Å². The molecule has 0 bridgehead atoms. The van der Waals surface area contributed by atoms with Crippen LogP contribution in [0, 0.1) is 12.3 Å². The Kier molecular flexibility index (Phi) is 5.21. The average molecular weight is 368 g/mol. The molecule has 1 saturated heterocycles. The topological polar surface area (TPSA) is 97.0 Å². The number of aryl methyl sites for hydroxylation is 1. The molecule has 0 radical (unpaired) electrons. The summed E-state index contributed by atoms with van der Waals surface area (Å²) >= 11 is 0. The van der Waals surface area contributed by atoms with Gasteiger partial charge in [0.05, 0.1) is 11.9 Å². The number of H-pyrrole nitrogens is 1. The molecule has 0 spiro atoms. The van der Waals surface area contributed by atoms with E-state index in [1.54, 1.807) is 13.1 Å². The van der Waals surface area contributed by atoms with E-state index in [-0.39, 0.29) is 23.2 Å². The zero-order valence-electron chi connectivity index (χ0n) is 14.8. The first-order chi connectivity index (χ1) is 12.3. The molecule has 2 aromatic rings. The van der Waals surface area contributed by atoms with Gasteiger partial charge in [0.1, 0.15) is 6.10 Å². The second kappa shape index (κ2) is 7.40. The molecule has 0 aliphatic carbocycles. The summed E-state index contributed by atoms with van der Waals surface area (Å²) in [5.41, 5.74) is 0.600. The van der Waals surface area contributed by atoms with Crippen LogP contribution < -0.4 is 20.1 Å². The van der Waals surface area contributed by atoms with Crippen molar-refractivity contribution in [1.29, 1.82) is 0 Å². The van der Waals surface area contributed by atoms with Gasteiger partial charge < -0.3 is 20.1 Å². The van der Waals surface area contributed by atoms with Crippen LogP contribution in [0.3, 0.4) is 0 Å². The van der Waals surface area contributed by atoms with Crippen LogP contribution in [0.4, 0.5) is 20.4 Å². The van der Waals surface area contributed by atoms with Gasteiger partial charge in [-0.2, -0.15) is 18.9 Å². The number of aromatic amines is 1.